The number of carbonyl (C=O) groups is 2. The Kier molecular flexibility index (Phi) is 12.3. The molecule has 0 heterocycles. The number of hydrogen-bond acceptors (Lipinski definition) is 4. The molecule has 0 spiro atoms. The van der Waals surface area contributed by atoms with Gasteiger partial charge in [-0.15, -0.1) is 0 Å². The number of hydrogen-bond donors (Lipinski definition) is 0. The highest BCUT2D eigenvalue weighted by atomic mass is 16.5. The summed E-state index contributed by atoms with van der Waals surface area (Å²) in [5.41, 5.74) is 0. The molecule has 1 unspecified atom stereocenters. The molecule has 0 bridgehead atoms. The lowest BCUT2D eigenvalue weighted by Crippen LogP contribution is -2.15. The fourth-order valence-electron chi connectivity index (χ4n) is 1.71. The molecular weight excluding hydrogens is 256 g/mol. The van der Waals surface area contributed by atoms with Crippen molar-refractivity contribution >= 4 is 11.9 Å². The van der Waals surface area contributed by atoms with E-state index in [9.17, 15) is 9.59 Å². The quantitative estimate of drug-likeness (QED) is 0.402. The zero-order chi connectivity index (χ0) is 15.2. The summed E-state index contributed by atoms with van der Waals surface area (Å²) in [7, 11) is 0. The van der Waals surface area contributed by atoms with Crippen LogP contribution in [0.1, 0.15) is 78.6 Å². The Hall–Kier alpha value is -1.06. The third-order valence-electron chi connectivity index (χ3n) is 3.20. The van der Waals surface area contributed by atoms with E-state index in [1.165, 1.54) is 25.7 Å². The number of ether oxygens (including phenoxy) is 2. The second-order valence-corrected chi connectivity index (χ2v) is 5.20. The van der Waals surface area contributed by atoms with Crippen LogP contribution in [-0.2, 0) is 19.1 Å². The number of unbranched alkanes of at least 4 members (excludes halogenated alkanes) is 5. The molecule has 0 aliphatic carbocycles. The minimum absolute atomic E-state index is 0.0818. The second-order valence-electron chi connectivity index (χ2n) is 5.20. The Morgan fingerprint density at radius 1 is 0.900 bits per heavy atom. The maximum absolute atomic E-state index is 11.4. The largest absolute Gasteiger partial charge is 0.466 e. The van der Waals surface area contributed by atoms with Crippen molar-refractivity contribution in [2.45, 2.75) is 84.7 Å². The van der Waals surface area contributed by atoms with Crippen molar-refractivity contribution < 1.29 is 19.1 Å². The van der Waals surface area contributed by atoms with Crippen molar-refractivity contribution in [2.24, 2.45) is 0 Å². The van der Waals surface area contributed by atoms with E-state index in [-0.39, 0.29) is 30.9 Å². The molecule has 0 amide bonds. The summed E-state index contributed by atoms with van der Waals surface area (Å²) < 4.78 is 10.2. The van der Waals surface area contributed by atoms with E-state index < -0.39 is 0 Å². The average Bonchev–Trinajstić information content (AvgIpc) is 2.44. The second kappa shape index (κ2) is 12.9. The van der Waals surface area contributed by atoms with E-state index >= 15 is 0 Å². The van der Waals surface area contributed by atoms with Crippen LogP contribution in [-0.4, -0.2) is 24.6 Å². The molecule has 0 aromatic rings. The molecular formula is C16H30O4. The van der Waals surface area contributed by atoms with Gasteiger partial charge in [0.15, 0.2) is 0 Å². The summed E-state index contributed by atoms with van der Waals surface area (Å²) in [5, 5.41) is 0. The molecule has 0 saturated heterocycles. The van der Waals surface area contributed by atoms with Crippen LogP contribution in [0, 0.1) is 0 Å². The molecule has 0 N–H and O–H groups in total. The van der Waals surface area contributed by atoms with Crippen LogP contribution >= 0.6 is 0 Å². The van der Waals surface area contributed by atoms with E-state index in [0.717, 1.165) is 19.3 Å². The van der Waals surface area contributed by atoms with Gasteiger partial charge in [-0.25, -0.2) is 0 Å². The van der Waals surface area contributed by atoms with Gasteiger partial charge in [0.05, 0.1) is 25.6 Å². The van der Waals surface area contributed by atoms with Gasteiger partial charge in [0.2, 0.25) is 0 Å². The molecule has 1 atom stereocenters. The highest BCUT2D eigenvalue weighted by molar-refractivity contribution is 5.77. The van der Waals surface area contributed by atoms with Crippen molar-refractivity contribution in [1.29, 1.82) is 0 Å². The van der Waals surface area contributed by atoms with E-state index in [0.29, 0.717) is 6.61 Å². The molecule has 4 nitrogen and oxygen atoms in total. The Labute approximate surface area is 123 Å². The number of rotatable bonds is 12. The van der Waals surface area contributed by atoms with Gasteiger partial charge in [-0.1, -0.05) is 46.0 Å². The van der Waals surface area contributed by atoms with Crippen molar-refractivity contribution in [3.63, 3.8) is 0 Å². The Bertz CT molecular complexity index is 263. The zero-order valence-corrected chi connectivity index (χ0v) is 13.3. The minimum atomic E-state index is -0.323. The predicted molar refractivity (Wildman–Crippen MR) is 79.4 cm³/mol. The smallest absolute Gasteiger partial charge is 0.306 e. The van der Waals surface area contributed by atoms with Gasteiger partial charge in [0, 0.05) is 0 Å². The van der Waals surface area contributed by atoms with Gasteiger partial charge in [-0.2, -0.15) is 0 Å². The summed E-state index contributed by atoms with van der Waals surface area (Å²) in [6.07, 6.45) is 7.91. The van der Waals surface area contributed by atoms with Gasteiger partial charge in [0.25, 0.3) is 0 Å². The van der Waals surface area contributed by atoms with Crippen LogP contribution in [0.2, 0.25) is 0 Å². The number of esters is 2. The predicted octanol–water partition coefficient (Wildman–Crippen LogP) is 4.01. The molecule has 0 rings (SSSR count). The first-order valence-electron chi connectivity index (χ1n) is 7.95. The van der Waals surface area contributed by atoms with Crippen LogP contribution in [0.5, 0.6) is 0 Å². The van der Waals surface area contributed by atoms with Crippen molar-refractivity contribution in [3.8, 4) is 0 Å². The van der Waals surface area contributed by atoms with Crippen molar-refractivity contribution in [2.75, 3.05) is 6.61 Å². The van der Waals surface area contributed by atoms with E-state index in [4.69, 9.17) is 9.47 Å². The summed E-state index contributed by atoms with van der Waals surface area (Å²) in [5.74, 6) is -0.629. The Morgan fingerprint density at radius 3 is 2.15 bits per heavy atom. The Balaban J connectivity index is 3.43. The van der Waals surface area contributed by atoms with Gasteiger partial charge in [-0.3, -0.25) is 9.59 Å². The normalized spacial score (nSPS) is 11.9. The molecule has 0 radical (unpaired) electrons. The minimum Gasteiger partial charge on any atom is -0.466 e. The van der Waals surface area contributed by atoms with Gasteiger partial charge < -0.3 is 9.47 Å². The highest BCUT2D eigenvalue weighted by Gasteiger charge is 2.11. The molecule has 118 valence electrons. The fraction of sp³-hybridized carbons (Fsp3) is 0.875. The van der Waals surface area contributed by atoms with Crippen LogP contribution in [0.25, 0.3) is 0 Å². The monoisotopic (exact) mass is 286 g/mol. The van der Waals surface area contributed by atoms with Gasteiger partial charge in [-0.05, 0) is 19.8 Å². The third-order valence-corrected chi connectivity index (χ3v) is 3.20. The van der Waals surface area contributed by atoms with Crippen LogP contribution < -0.4 is 0 Å². The molecule has 0 aromatic carbocycles. The summed E-state index contributed by atoms with van der Waals surface area (Å²) in [6, 6.07) is 0. The standard InChI is InChI=1S/C16H30O4/c1-4-6-7-8-9-10-13-19-15(17)11-12-16(18)20-14(3)5-2/h14H,4-13H2,1-3H3. The summed E-state index contributed by atoms with van der Waals surface area (Å²) >= 11 is 0. The summed E-state index contributed by atoms with van der Waals surface area (Å²) in [4.78, 5) is 22.8. The van der Waals surface area contributed by atoms with E-state index in [1.807, 2.05) is 13.8 Å². The molecule has 0 aromatic heterocycles. The first kappa shape index (κ1) is 18.9. The van der Waals surface area contributed by atoms with Crippen molar-refractivity contribution in [3.05, 3.63) is 0 Å². The average molecular weight is 286 g/mol. The van der Waals surface area contributed by atoms with Gasteiger partial charge in [0.1, 0.15) is 0 Å². The van der Waals surface area contributed by atoms with Crippen LogP contribution in [0.4, 0.5) is 0 Å². The SMILES string of the molecule is CCCCCCCCOC(=O)CCC(=O)OC(C)CC. The fourth-order valence-corrected chi connectivity index (χ4v) is 1.71. The maximum atomic E-state index is 11.4. The number of carbonyl (C=O) groups excluding carboxylic acids is 2. The first-order chi connectivity index (χ1) is 9.60. The van der Waals surface area contributed by atoms with Gasteiger partial charge >= 0.3 is 11.9 Å². The van der Waals surface area contributed by atoms with Crippen LogP contribution in [0.15, 0.2) is 0 Å². The van der Waals surface area contributed by atoms with Crippen LogP contribution in [0.3, 0.4) is 0 Å². The first-order valence-corrected chi connectivity index (χ1v) is 7.95. The zero-order valence-electron chi connectivity index (χ0n) is 13.3. The summed E-state index contributed by atoms with van der Waals surface area (Å²) in [6.45, 7) is 6.45. The molecule has 0 aliphatic rings. The topological polar surface area (TPSA) is 52.6 Å². The van der Waals surface area contributed by atoms with Crippen molar-refractivity contribution in [1.82, 2.24) is 0 Å². The molecule has 0 fully saturated rings. The molecule has 4 heteroatoms. The lowest BCUT2D eigenvalue weighted by Gasteiger charge is -2.10. The van der Waals surface area contributed by atoms with E-state index in [2.05, 4.69) is 6.92 Å². The molecule has 0 aliphatic heterocycles. The lowest BCUT2D eigenvalue weighted by atomic mass is 10.1. The highest BCUT2D eigenvalue weighted by Crippen LogP contribution is 2.06. The molecule has 0 saturated carbocycles. The third kappa shape index (κ3) is 12.0. The maximum Gasteiger partial charge on any atom is 0.306 e. The Morgan fingerprint density at radius 2 is 1.50 bits per heavy atom. The molecule has 20 heavy (non-hydrogen) atoms. The lowest BCUT2D eigenvalue weighted by molar-refractivity contribution is -0.153. The van der Waals surface area contributed by atoms with E-state index in [1.54, 1.807) is 0 Å².